The average molecular weight is 190 g/mol. The lowest BCUT2D eigenvalue weighted by atomic mass is 10.1. The van der Waals surface area contributed by atoms with Crippen molar-refractivity contribution in [3.8, 4) is 0 Å². The molecule has 0 aliphatic carbocycles. The summed E-state index contributed by atoms with van der Waals surface area (Å²) in [5.41, 5.74) is 2.55. The number of aliphatic hydroxyl groups is 1. The molecule has 0 bridgehead atoms. The Labute approximate surface area is 86.1 Å². The Hall–Kier alpha value is -1.08. The van der Waals surface area contributed by atoms with E-state index in [-0.39, 0.29) is 6.10 Å². The van der Waals surface area contributed by atoms with Crippen LogP contribution in [-0.4, -0.2) is 11.2 Å². The van der Waals surface area contributed by atoms with Gasteiger partial charge in [-0.25, -0.2) is 0 Å². The van der Waals surface area contributed by atoms with E-state index < -0.39 is 0 Å². The number of aliphatic hydroxyl groups excluding tert-OH is 1. The Balaban J connectivity index is 2.53. The predicted octanol–water partition coefficient (Wildman–Crippen LogP) is 3.25. The molecule has 1 unspecified atom stereocenters. The molecule has 0 heterocycles. The summed E-state index contributed by atoms with van der Waals surface area (Å²) in [4.78, 5) is 0. The molecule has 0 aliphatic rings. The minimum Gasteiger partial charge on any atom is -0.393 e. The molecule has 1 aromatic rings. The summed E-state index contributed by atoms with van der Waals surface area (Å²) in [5, 5.41) is 9.11. The van der Waals surface area contributed by atoms with Crippen LogP contribution in [0.25, 0.3) is 5.57 Å². The molecule has 1 nitrogen and oxygen atoms in total. The van der Waals surface area contributed by atoms with Crippen LogP contribution in [0.4, 0.5) is 0 Å². The summed E-state index contributed by atoms with van der Waals surface area (Å²) in [6.45, 7) is 3.93. The highest BCUT2D eigenvalue weighted by Crippen LogP contribution is 2.14. The first-order valence-corrected chi connectivity index (χ1v) is 5.10. The predicted molar refractivity (Wildman–Crippen MR) is 61.0 cm³/mol. The van der Waals surface area contributed by atoms with E-state index in [1.807, 2.05) is 25.1 Å². The van der Waals surface area contributed by atoms with Gasteiger partial charge in [-0.05, 0) is 37.8 Å². The summed E-state index contributed by atoms with van der Waals surface area (Å²) in [6.07, 6.45) is 3.76. The van der Waals surface area contributed by atoms with E-state index in [0.29, 0.717) is 0 Å². The van der Waals surface area contributed by atoms with Gasteiger partial charge in [0, 0.05) is 0 Å². The molecule has 0 amide bonds. The first-order chi connectivity index (χ1) is 6.70. The van der Waals surface area contributed by atoms with Crippen molar-refractivity contribution in [3.05, 3.63) is 42.0 Å². The lowest BCUT2D eigenvalue weighted by Gasteiger charge is -2.03. The van der Waals surface area contributed by atoms with Crippen molar-refractivity contribution < 1.29 is 5.11 Å². The summed E-state index contributed by atoms with van der Waals surface area (Å²) in [5.74, 6) is 0. The van der Waals surface area contributed by atoms with Crippen LogP contribution in [0.15, 0.2) is 36.4 Å². The van der Waals surface area contributed by atoms with Crippen LogP contribution in [0.1, 0.15) is 32.3 Å². The SMILES string of the molecule is C/C(=C/CCC(C)O)c1ccccc1. The topological polar surface area (TPSA) is 20.2 Å². The molecule has 1 N–H and O–H groups in total. The number of hydrogen-bond donors (Lipinski definition) is 1. The second-order valence-corrected chi connectivity index (χ2v) is 3.68. The summed E-state index contributed by atoms with van der Waals surface area (Å²) >= 11 is 0. The molecule has 0 saturated heterocycles. The van der Waals surface area contributed by atoms with Crippen molar-refractivity contribution in [2.75, 3.05) is 0 Å². The fourth-order valence-electron chi connectivity index (χ4n) is 1.36. The molecule has 1 aromatic carbocycles. The summed E-state index contributed by atoms with van der Waals surface area (Å²) < 4.78 is 0. The van der Waals surface area contributed by atoms with Crippen molar-refractivity contribution in [1.29, 1.82) is 0 Å². The molecule has 0 spiro atoms. The third-order valence-corrected chi connectivity index (χ3v) is 2.26. The van der Waals surface area contributed by atoms with Crippen molar-refractivity contribution in [2.24, 2.45) is 0 Å². The number of hydrogen-bond acceptors (Lipinski definition) is 1. The molecule has 14 heavy (non-hydrogen) atoms. The minimum absolute atomic E-state index is 0.199. The molecule has 0 aromatic heterocycles. The van der Waals surface area contributed by atoms with Crippen LogP contribution in [0, 0.1) is 0 Å². The number of allylic oxidation sites excluding steroid dienone is 2. The van der Waals surface area contributed by atoms with Gasteiger partial charge in [0.2, 0.25) is 0 Å². The third kappa shape index (κ3) is 3.75. The lowest BCUT2D eigenvalue weighted by molar-refractivity contribution is 0.186. The quantitative estimate of drug-likeness (QED) is 0.772. The highest BCUT2D eigenvalue weighted by molar-refractivity contribution is 5.63. The Kier molecular flexibility index (Phi) is 4.41. The maximum atomic E-state index is 9.11. The Morgan fingerprint density at radius 1 is 1.36 bits per heavy atom. The highest BCUT2D eigenvalue weighted by Gasteiger charge is 1.95. The summed E-state index contributed by atoms with van der Waals surface area (Å²) in [6, 6.07) is 10.3. The van der Waals surface area contributed by atoms with Gasteiger partial charge in [0.1, 0.15) is 0 Å². The van der Waals surface area contributed by atoms with Crippen molar-refractivity contribution in [1.82, 2.24) is 0 Å². The van der Waals surface area contributed by atoms with Gasteiger partial charge in [-0.2, -0.15) is 0 Å². The zero-order valence-corrected chi connectivity index (χ0v) is 8.90. The molecule has 0 aliphatic heterocycles. The van der Waals surface area contributed by atoms with Gasteiger partial charge in [-0.1, -0.05) is 36.4 Å². The molecular formula is C13H18O. The normalized spacial score (nSPS) is 14.1. The van der Waals surface area contributed by atoms with Crippen LogP contribution in [0.2, 0.25) is 0 Å². The first-order valence-electron chi connectivity index (χ1n) is 5.10. The smallest absolute Gasteiger partial charge is 0.0515 e. The maximum Gasteiger partial charge on any atom is 0.0515 e. The average Bonchev–Trinajstić information content (AvgIpc) is 2.18. The van der Waals surface area contributed by atoms with E-state index in [1.54, 1.807) is 0 Å². The van der Waals surface area contributed by atoms with Gasteiger partial charge >= 0.3 is 0 Å². The minimum atomic E-state index is -0.199. The van der Waals surface area contributed by atoms with E-state index in [0.717, 1.165) is 12.8 Å². The van der Waals surface area contributed by atoms with Crippen LogP contribution in [0.3, 0.4) is 0 Å². The van der Waals surface area contributed by atoms with Crippen molar-refractivity contribution in [2.45, 2.75) is 32.8 Å². The molecule has 0 saturated carbocycles. The molecule has 0 radical (unpaired) electrons. The van der Waals surface area contributed by atoms with Gasteiger partial charge in [0.15, 0.2) is 0 Å². The van der Waals surface area contributed by atoms with Crippen LogP contribution in [0.5, 0.6) is 0 Å². The van der Waals surface area contributed by atoms with E-state index in [9.17, 15) is 0 Å². The zero-order chi connectivity index (χ0) is 10.4. The fourth-order valence-corrected chi connectivity index (χ4v) is 1.36. The van der Waals surface area contributed by atoms with Gasteiger partial charge in [0.05, 0.1) is 6.10 Å². The third-order valence-electron chi connectivity index (χ3n) is 2.26. The van der Waals surface area contributed by atoms with Gasteiger partial charge < -0.3 is 5.11 Å². The van der Waals surface area contributed by atoms with E-state index in [4.69, 9.17) is 5.11 Å². The highest BCUT2D eigenvalue weighted by atomic mass is 16.3. The molecule has 76 valence electrons. The van der Waals surface area contributed by atoms with E-state index >= 15 is 0 Å². The largest absolute Gasteiger partial charge is 0.393 e. The van der Waals surface area contributed by atoms with Gasteiger partial charge in [-0.3, -0.25) is 0 Å². The first kappa shape index (κ1) is 11.0. The molecule has 0 fully saturated rings. The maximum absolute atomic E-state index is 9.11. The monoisotopic (exact) mass is 190 g/mol. The molecule has 1 atom stereocenters. The number of rotatable bonds is 4. The second kappa shape index (κ2) is 5.61. The van der Waals surface area contributed by atoms with Crippen molar-refractivity contribution >= 4 is 5.57 Å². The van der Waals surface area contributed by atoms with Crippen LogP contribution >= 0.6 is 0 Å². The Morgan fingerprint density at radius 3 is 2.57 bits per heavy atom. The zero-order valence-electron chi connectivity index (χ0n) is 8.90. The van der Waals surface area contributed by atoms with E-state index in [1.165, 1.54) is 11.1 Å². The van der Waals surface area contributed by atoms with Gasteiger partial charge in [-0.15, -0.1) is 0 Å². The van der Waals surface area contributed by atoms with Crippen LogP contribution < -0.4 is 0 Å². The number of benzene rings is 1. The Morgan fingerprint density at radius 2 is 2.00 bits per heavy atom. The van der Waals surface area contributed by atoms with Crippen LogP contribution in [-0.2, 0) is 0 Å². The lowest BCUT2D eigenvalue weighted by Crippen LogP contribution is -1.97. The standard InChI is InChI=1S/C13H18O/c1-11(7-6-8-12(2)14)13-9-4-3-5-10-13/h3-5,7,9-10,12,14H,6,8H2,1-2H3/b11-7-. The Bertz CT molecular complexity index is 285. The molecule has 1 heteroatoms. The fraction of sp³-hybridized carbons (Fsp3) is 0.385. The molecule has 1 rings (SSSR count). The second-order valence-electron chi connectivity index (χ2n) is 3.68. The van der Waals surface area contributed by atoms with Crippen molar-refractivity contribution in [3.63, 3.8) is 0 Å². The van der Waals surface area contributed by atoms with Gasteiger partial charge in [0.25, 0.3) is 0 Å². The summed E-state index contributed by atoms with van der Waals surface area (Å²) in [7, 11) is 0. The van der Waals surface area contributed by atoms with E-state index in [2.05, 4.69) is 25.1 Å². The molecular weight excluding hydrogens is 172 g/mol.